The average molecular weight is 504 g/mol. The molecule has 1 aromatic heterocycles. The van der Waals surface area contributed by atoms with Gasteiger partial charge in [0.25, 0.3) is 0 Å². The lowest BCUT2D eigenvalue weighted by molar-refractivity contribution is -0.137. The van der Waals surface area contributed by atoms with E-state index in [2.05, 4.69) is 15.3 Å². The number of carbonyl (C=O) groups is 2. The molecule has 0 saturated carbocycles. The van der Waals surface area contributed by atoms with Crippen LogP contribution in [0.2, 0.25) is 0 Å². The van der Waals surface area contributed by atoms with Crippen LogP contribution in [0, 0.1) is 5.92 Å². The first-order chi connectivity index (χ1) is 16.6. The number of ether oxygens (including phenoxy) is 2. The largest absolute Gasteiger partial charge is 0.498 e. The molecule has 3 rings (SSSR count). The summed E-state index contributed by atoms with van der Waals surface area (Å²) in [5.41, 5.74) is -0.820. The van der Waals surface area contributed by atoms with Gasteiger partial charge in [0.15, 0.2) is 0 Å². The molecular weight excluding hydrogens is 463 g/mol. The van der Waals surface area contributed by atoms with Gasteiger partial charge in [-0.05, 0) is 67.2 Å². The number of aromatic nitrogens is 2. The van der Waals surface area contributed by atoms with Crippen LogP contribution in [-0.4, -0.2) is 76.0 Å². The second kappa shape index (κ2) is 10.5. The summed E-state index contributed by atoms with van der Waals surface area (Å²) in [6, 6.07) is -0.448. The molecule has 200 valence electrons. The summed E-state index contributed by atoms with van der Waals surface area (Å²) in [4.78, 5) is 36.0. The monoisotopic (exact) mass is 504 g/mol. The van der Waals surface area contributed by atoms with Crippen LogP contribution in [0.25, 0.3) is 0 Å². The van der Waals surface area contributed by atoms with Gasteiger partial charge in [0.2, 0.25) is 5.91 Å². The summed E-state index contributed by atoms with van der Waals surface area (Å²) < 4.78 is 23.5. The molecule has 2 aliphatic heterocycles. The number of piperidine rings is 1. The van der Waals surface area contributed by atoms with Gasteiger partial charge < -0.3 is 29.0 Å². The zero-order valence-electron chi connectivity index (χ0n) is 23.1. The predicted octanol–water partition coefficient (Wildman–Crippen LogP) is 2.69. The molecule has 0 spiro atoms. The molecule has 2 amide bonds. The summed E-state index contributed by atoms with van der Waals surface area (Å²) in [5, 5.41) is 2.74. The van der Waals surface area contributed by atoms with Crippen LogP contribution < -0.4 is 15.5 Å². The number of amides is 2. The zero-order chi connectivity index (χ0) is 26.9. The van der Waals surface area contributed by atoms with Crippen LogP contribution in [-0.2, 0) is 18.8 Å². The van der Waals surface area contributed by atoms with Gasteiger partial charge in [0.05, 0.1) is 17.7 Å². The van der Waals surface area contributed by atoms with Gasteiger partial charge in [-0.2, -0.15) is 0 Å². The topological polar surface area (TPSA) is 112 Å². The Kier molecular flexibility index (Phi) is 8.25. The van der Waals surface area contributed by atoms with Crippen LogP contribution in [0.3, 0.4) is 0 Å². The SMILES string of the molecule is CC(C)C(NC(=O)OC(C)(C)C)C(=O)N1CCC[C@@H](Oc2ncc(B3OC(C)(C)C(C)(C)O3)cn2)C1. The number of hydrogen-bond acceptors (Lipinski definition) is 8. The van der Waals surface area contributed by atoms with Gasteiger partial charge in [0, 0.05) is 24.4 Å². The van der Waals surface area contributed by atoms with Crippen molar-refractivity contribution < 1.29 is 28.4 Å². The third-order valence-corrected chi connectivity index (χ3v) is 6.74. The van der Waals surface area contributed by atoms with Crippen LogP contribution in [0.1, 0.15) is 75.2 Å². The molecule has 3 heterocycles. The first-order valence-electron chi connectivity index (χ1n) is 12.7. The first-order valence-corrected chi connectivity index (χ1v) is 12.7. The molecule has 11 heteroatoms. The van der Waals surface area contributed by atoms with Crippen molar-refractivity contribution >= 4 is 24.6 Å². The fourth-order valence-corrected chi connectivity index (χ4v) is 4.02. The van der Waals surface area contributed by atoms with Crippen LogP contribution in [0.15, 0.2) is 12.4 Å². The summed E-state index contributed by atoms with van der Waals surface area (Å²) >= 11 is 0. The number of carbonyl (C=O) groups excluding carboxylic acids is 2. The molecular formula is C25H41BN4O6. The minimum absolute atomic E-state index is 0.0998. The highest BCUT2D eigenvalue weighted by Gasteiger charge is 2.52. The number of nitrogens with one attached hydrogen (secondary N) is 1. The van der Waals surface area contributed by atoms with E-state index in [0.29, 0.717) is 13.1 Å². The van der Waals surface area contributed by atoms with Gasteiger partial charge >= 0.3 is 19.2 Å². The maximum absolute atomic E-state index is 13.3. The zero-order valence-corrected chi connectivity index (χ0v) is 23.1. The molecule has 1 N–H and O–H groups in total. The summed E-state index contributed by atoms with van der Waals surface area (Å²) in [6.45, 7) is 18.1. The highest BCUT2D eigenvalue weighted by molar-refractivity contribution is 6.61. The average Bonchev–Trinajstić information content (AvgIpc) is 2.98. The van der Waals surface area contributed by atoms with E-state index in [1.165, 1.54) is 0 Å². The van der Waals surface area contributed by atoms with E-state index in [4.69, 9.17) is 18.8 Å². The fourth-order valence-electron chi connectivity index (χ4n) is 4.02. The molecule has 0 aromatic carbocycles. The second-order valence-electron chi connectivity index (χ2n) is 11.9. The predicted molar refractivity (Wildman–Crippen MR) is 136 cm³/mol. The number of rotatable bonds is 6. The van der Waals surface area contributed by atoms with E-state index < -0.39 is 36.1 Å². The standard InChI is InChI=1S/C25H41BN4O6/c1-16(2)19(29-22(32)34-23(3,4)5)20(31)30-12-10-11-18(15-30)33-21-27-13-17(14-28-21)26-35-24(6,7)25(8,9)36-26/h13-14,16,18-19H,10-12,15H2,1-9H3,(H,29,32)/t18-,19?/m1/s1. The Balaban J connectivity index is 1.59. The third-order valence-electron chi connectivity index (χ3n) is 6.74. The Morgan fingerprint density at radius 3 is 2.25 bits per heavy atom. The number of likely N-dealkylation sites (tertiary alicyclic amines) is 1. The Morgan fingerprint density at radius 1 is 1.14 bits per heavy atom. The van der Waals surface area contributed by atoms with Crippen molar-refractivity contribution in [2.75, 3.05) is 13.1 Å². The first kappa shape index (κ1) is 28.2. The molecule has 1 unspecified atom stereocenters. The normalized spacial score (nSPS) is 22.3. The maximum atomic E-state index is 13.3. The fraction of sp³-hybridized carbons (Fsp3) is 0.760. The molecule has 0 radical (unpaired) electrons. The minimum atomic E-state index is -0.686. The molecule has 36 heavy (non-hydrogen) atoms. The van der Waals surface area contributed by atoms with Crippen molar-refractivity contribution in [1.82, 2.24) is 20.2 Å². The molecule has 0 bridgehead atoms. The van der Waals surface area contributed by atoms with Crippen molar-refractivity contribution in [1.29, 1.82) is 0 Å². The van der Waals surface area contributed by atoms with E-state index in [1.54, 1.807) is 38.1 Å². The Hall–Kier alpha value is -2.40. The van der Waals surface area contributed by atoms with Crippen LogP contribution >= 0.6 is 0 Å². The van der Waals surface area contributed by atoms with E-state index >= 15 is 0 Å². The molecule has 10 nitrogen and oxygen atoms in total. The molecule has 2 fully saturated rings. The quantitative estimate of drug-likeness (QED) is 0.589. The van der Waals surface area contributed by atoms with Crippen molar-refractivity contribution in [2.45, 2.75) is 104 Å². The van der Waals surface area contributed by atoms with Gasteiger partial charge in [-0.1, -0.05) is 13.8 Å². The number of alkyl carbamates (subject to hydrolysis) is 1. The Bertz CT molecular complexity index is 915. The molecule has 0 aliphatic carbocycles. The number of hydrogen-bond donors (Lipinski definition) is 1. The molecule has 2 aliphatic rings. The van der Waals surface area contributed by atoms with Gasteiger partial charge in [-0.15, -0.1) is 0 Å². The summed E-state index contributed by atoms with van der Waals surface area (Å²) in [6.07, 6.45) is 4.00. The Morgan fingerprint density at radius 2 is 1.72 bits per heavy atom. The lowest BCUT2D eigenvalue weighted by atomic mass is 9.81. The maximum Gasteiger partial charge on any atom is 0.498 e. The van der Waals surface area contributed by atoms with E-state index in [0.717, 1.165) is 18.3 Å². The van der Waals surface area contributed by atoms with Crippen molar-refractivity contribution in [3.05, 3.63) is 12.4 Å². The van der Waals surface area contributed by atoms with Crippen molar-refractivity contribution in [3.8, 4) is 6.01 Å². The lowest BCUT2D eigenvalue weighted by Crippen LogP contribution is -2.55. The second-order valence-corrected chi connectivity index (χ2v) is 11.9. The van der Waals surface area contributed by atoms with Crippen LogP contribution in [0.5, 0.6) is 6.01 Å². The smallest absolute Gasteiger partial charge is 0.458 e. The number of nitrogens with zero attached hydrogens (tertiary/aromatic N) is 3. The van der Waals surface area contributed by atoms with E-state index in [9.17, 15) is 9.59 Å². The van der Waals surface area contributed by atoms with Crippen molar-refractivity contribution in [2.24, 2.45) is 5.92 Å². The summed E-state index contributed by atoms with van der Waals surface area (Å²) in [7, 11) is -0.544. The molecule has 2 saturated heterocycles. The van der Waals surface area contributed by atoms with E-state index in [1.807, 2.05) is 41.5 Å². The molecule has 2 atom stereocenters. The minimum Gasteiger partial charge on any atom is -0.458 e. The van der Waals surface area contributed by atoms with Crippen LogP contribution in [0.4, 0.5) is 4.79 Å². The van der Waals surface area contributed by atoms with Gasteiger partial charge in [0.1, 0.15) is 17.7 Å². The highest BCUT2D eigenvalue weighted by atomic mass is 16.7. The van der Waals surface area contributed by atoms with E-state index in [-0.39, 0.29) is 23.9 Å². The van der Waals surface area contributed by atoms with Crippen molar-refractivity contribution in [3.63, 3.8) is 0 Å². The molecule has 1 aromatic rings. The Labute approximate surface area is 215 Å². The third kappa shape index (κ3) is 6.88. The lowest BCUT2D eigenvalue weighted by Gasteiger charge is -2.35. The van der Waals surface area contributed by atoms with Gasteiger partial charge in [-0.3, -0.25) is 4.79 Å². The van der Waals surface area contributed by atoms with Gasteiger partial charge in [-0.25, -0.2) is 14.8 Å². The highest BCUT2D eigenvalue weighted by Crippen LogP contribution is 2.36. The summed E-state index contributed by atoms with van der Waals surface area (Å²) in [5.74, 6) is -0.252.